The molecule has 208 valence electrons. The molecular weight excluding hydrogens is 538 g/mol. The standard InChI is InChI=1S/C26H27F4N5O3S/c1-31-20-12-15(24(36)32-2)13-33-25(20)37-11-5-8-21-23(39-26(28,29)30)16-6-4-7-19(22(16)38-21)34-18-9-10-35(3)14-17(18)27/h4,6-7,12-13,17-18,31,34H,9-11,14H2,1-3H3,(H,32,36)/t17-,18+/m0/s1. The third kappa shape index (κ3) is 6.88. The quantitative estimate of drug-likeness (QED) is 0.215. The summed E-state index contributed by atoms with van der Waals surface area (Å²) >= 11 is -0.320. The number of nitrogens with one attached hydrogen (secondary N) is 3. The van der Waals surface area contributed by atoms with E-state index < -0.39 is 17.7 Å². The molecule has 0 unspecified atom stereocenters. The summed E-state index contributed by atoms with van der Waals surface area (Å²) in [6.45, 7) is 0.742. The number of amides is 1. The van der Waals surface area contributed by atoms with Crippen molar-refractivity contribution in [3.63, 3.8) is 0 Å². The van der Waals surface area contributed by atoms with Crippen LogP contribution in [-0.2, 0) is 0 Å². The SMILES string of the molecule is CNC(=O)c1cnc(OCC#Cc2oc3c(N[C@@H]4CCN(C)C[C@@H]4F)cccc3c2SC(F)(F)F)c(NC)c1. The molecule has 2 aromatic heterocycles. The summed E-state index contributed by atoms with van der Waals surface area (Å²) in [6.07, 6.45) is 0.729. The predicted molar refractivity (Wildman–Crippen MR) is 142 cm³/mol. The van der Waals surface area contributed by atoms with Crippen LogP contribution in [0.15, 0.2) is 39.8 Å². The maximum Gasteiger partial charge on any atom is 0.446 e. The summed E-state index contributed by atoms with van der Waals surface area (Å²) in [6, 6.07) is 5.80. The van der Waals surface area contributed by atoms with Crippen molar-refractivity contribution in [2.24, 2.45) is 0 Å². The predicted octanol–water partition coefficient (Wildman–Crippen LogP) is 4.73. The number of hydrogen-bond donors (Lipinski definition) is 3. The fourth-order valence-corrected chi connectivity index (χ4v) is 4.85. The van der Waals surface area contributed by atoms with E-state index in [-0.39, 0.29) is 58.3 Å². The lowest BCUT2D eigenvalue weighted by Gasteiger charge is -2.33. The molecule has 0 bridgehead atoms. The Morgan fingerprint density at radius 2 is 2.10 bits per heavy atom. The van der Waals surface area contributed by atoms with Gasteiger partial charge in [-0.2, -0.15) is 13.2 Å². The lowest BCUT2D eigenvalue weighted by molar-refractivity contribution is -0.0328. The first-order chi connectivity index (χ1) is 18.6. The lowest BCUT2D eigenvalue weighted by atomic mass is 10.0. The van der Waals surface area contributed by atoms with Gasteiger partial charge in [0.25, 0.3) is 5.91 Å². The summed E-state index contributed by atoms with van der Waals surface area (Å²) in [5.74, 6) is 4.97. The Kier molecular flexibility index (Phi) is 8.76. The normalized spacial score (nSPS) is 17.8. The van der Waals surface area contributed by atoms with Gasteiger partial charge in [0.05, 0.1) is 27.9 Å². The number of rotatable bonds is 7. The van der Waals surface area contributed by atoms with Gasteiger partial charge < -0.3 is 30.0 Å². The van der Waals surface area contributed by atoms with Crippen molar-refractivity contribution in [3.05, 3.63) is 41.8 Å². The molecule has 0 radical (unpaired) electrons. The van der Waals surface area contributed by atoms with E-state index in [1.165, 1.54) is 19.3 Å². The number of nitrogens with zero attached hydrogens (tertiary/aromatic N) is 2. The molecular formula is C26H27F4N5O3S. The highest BCUT2D eigenvalue weighted by atomic mass is 32.2. The van der Waals surface area contributed by atoms with Crippen LogP contribution in [0.1, 0.15) is 22.5 Å². The molecule has 1 aromatic carbocycles. The Labute approximate surface area is 226 Å². The van der Waals surface area contributed by atoms with Gasteiger partial charge in [-0.15, -0.1) is 0 Å². The molecule has 13 heteroatoms. The van der Waals surface area contributed by atoms with E-state index in [9.17, 15) is 22.4 Å². The highest BCUT2D eigenvalue weighted by Gasteiger charge is 2.34. The van der Waals surface area contributed by atoms with Gasteiger partial charge in [-0.1, -0.05) is 12.0 Å². The Bertz CT molecular complexity index is 1400. The van der Waals surface area contributed by atoms with Gasteiger partial charge in [0.2, 0.25) is 5.88 Å². The van der Waals surface area contributed by atoms with E-state index in [0.29, 0.717) is 29.9 Å². The number of likely N-dealkylation sites (tertiary alicyclic amines) is 1. The van der Waals surface area contributed by atoms with Gasteiger partial charge in [-0.25, -0.2) is 9.37 Å². The molecule has 39 heavy (non-hydrogen) atoms. The van der Waals surface area contributed by atoms with Crippen LogP contribution >= 0.6 is 11.8 Å². The number of ether oxygens (including phenoxy) is 1. The third-order valence-corrected chi connectivity index (χ3v) is 6.91. The molecule has 1 fully saturated rings. The van der Waals surface area contributed by atoms with Crippen molar-refractivity contribution in [2.75, 3.05) is 51.5 Å². The average Bonchev–Trinajstić information content (AvgIpc) is 3.24. The van der Waals surface area contributed by atoms with Crippen molar-refractivity contribution in [1.82, 2.24) is 15.2 Å². The topological polar surface area (TPSA) is 91.7 Å². The number of benzene rings is 1. The lowest BCUT2D eigenvalue weighted by Crippen LogP contribution is -2.46. The van der Waals surface area contributed by atoms with Crippen molar-refractivity contribution in [2.45, 2.75) is 29.0 Å². The number of fused-ring (bicyclic) bond motifs is 1. The average molecular weight is 566 g/mol. The van der Waals surface area contributed by atoms with Gasteiger partial charge in [0, 0.05) is 38.8 Å². The number of aromatic nitrogens is 1. The van der Waals surface area contributed by atoms with Crippen molar-refractivity contribution < 1.29 is 31.5 Å². The molecule has 4 rings (SSSR count). The Balaban J connectivity index is 1.59. The minimum absolute atomic E-state index is 0.166. The number of thioether (sulfide) groups is 1. The van der Waals surface area contributed by atoms with Crippen molar-refractivity contribution in [1.29, 1.82) is 0 Å². The summed E-state index contributed by atoms with van der Waals surface area (Å²) in [5, 5.41) is 8.71. The number of piperidine rings is 1. The highest BCUT2D eigenvalue weighted by Crippen LogP contribution is 2.45. The van der Waals surface area contributed by atoms with Crippen LogP contribution in [-0.4, -0.2) is 74.4 Å². The van der Waals surface area contributed by atoms with E-state index in [2.05, 4.69) is 32.8 Å². The van der Waals surface area contributed by atoms with Crippen LogP contribution < -0.4 is 20.7 Å². The van der Waals surface area contributed by atoms with Gasteiger partial charge >= 0.3 is 5.51 Å². The number of carbonyl (C=O) groups is 1. The molecule has 3 aromatic rings. The van der Waals surface area contributed by atoms with Crippen molar-refractivity contribution >= 4 is 40.0 Å². The molecule has 8 nitrogen and oxygen atoms in total. The maximum atomic E-state index is 14.6. The van der Waals surface area contributed by atoms with Crippen LogP contribution in [0.2, 0.25) is 0 Å². The van der Waals surface area contributed by atoms with E-state index in [1.807, 2.05) is 11.9 Å². The summed E-state index contributed by atoms with van der Waals surface area (Å²) in [4.78, 5) is 17.6. The van der Waals surface area contributed by atoms with Gasteiger partial charge in [-0.3, -0.25) is 4.79 Å². The number of alkyl halides is 4. The number of para-hydroxylation sites is 1. The zero-order chi connectivity index (χ0) is 28.2. The second-order valence-electron chi connectivity index (χ2n) is 8.80. The first-order valence-electron chi connectivity index (χ1n) is 12.0. The molecule has 1 aliphatic rings. The summed E-state index contributed by atoms with van der Waals surface area (Å²) < 4.78 is 66.3. The molecule has 0 aliphatic carbocycles. The number of anilines is 2. The van der Waals surface area contributed by atoms with E-state index in [0.717, 1.165) is 0 Å². The van der Waals surface area contributed by atoms with Gasteiger partial charge in [0.1, 0.15) is 6.17 Å². The molecule has 2 atom stereocenters. The Morgan fingerprint density at radius 3 is 2.79 bits per heavy atom. The van der Waals surface area contributed by atoms with Crippen LogP contribution in [0.3, 0.4) is 0 Å². The second kappa shape index (κ2) is 12.0. The highest BCUT2D eigenvalue weighted by molar-refractivity contribution is 8.00. The van der Waals surface area contributed by atoms with Gasteiger partial charge in [-0.05, 0) is 49.3 Å². The fraction of sp³-hybridized carbons (Fsp3) is 0.385. The minimum Gasteiger partial charge on any atom is -0.463 e. The van der Waals surface area contributed by atoms with E-state index in [4.69, 9.17) is 9.15 Å². The number of carbonyl (C=O) groups excluding carboxylic acids is 1. The second-order valence-corrected chi connectivity index (χ2v) is 9.88. The monoisotopic (exact) mass is 565 g/mol. The van der Waals surface area contributed by atoms with Crippen LogP contribution in [0.5, 0.6) is 5.88 Å². The zero-order valence-corrected chi connectivity index (χ0v) is 22.2. The molecule has 0 saturated carbocycles. The molecule has 0 spiro atoms. The molecule has 1 amide bonds. The molecule has 3 heterocycles. The van der Waals surface area contributed by atoms with Crippen LogP contribution in [0.4, 0.5) is 28.9 Å². The summed E-state index contributed by atoms with van der Waals surface area (Å²) in [7, 11) is 4.96. The number of hydrogen-bond acceptors (Lipinski definition) is 8. The Hall–Kier alpha value is -3.63. The number of halogens is 4. The number of pyridine rings is 1. The first kappa shape index (κ1) is 28.4. The van der Waals surface area contributed by atoms with Crippen LogP contribution in [0.25, 0.3) is 11.0 Å². The van der Waals surface area contributed by atoms with Gasteiger partial charge in [0.15, 0.2) is 18.0 Å². The zero-order valence-electron chi connectivity index (χ0n) is 21.4. The molecule has 1 aliphatic heterocycles. The Morgan fingerprint density at radius 1 is 1.31 bits per heavy atom. The fourth-order valence-electron chi connectivity index (χ4n) is 4.16. The van der Waals surface area contributed by atoms with Crippen LogP contribution in [0, 0.1) is 11.8 Å². The molecule has 3 N–H and O–H groups in total. The minimum atomic E-state index is -4.58. The van der Waals surface area contributed by atoms with E-state index in [1.54, 1.807) is 25.2 Å². The van der Waals surface area contributed by atoms with E-state index >= 15 is 0 Å². The largest absolute Gasteiger partial charge is 0.463 e. The van der Waals surface area contributed by atoms with Crippen molar-refractivity contribution in [3.8, 4) is 17.7 Å². The maximum absolute atomic E-state index is 14.6. The molecule has 1 saturated heterocycles. The summed E-state index contributed by atoms with van der Waals surface area (Å²) in [5.41, 5.74) is -3.25. The smallest absolute Gasteiger partial charge is 0.446 e. The number of furan rings is 1. The first-order valence-corrected chi connectivity index (χ1v) is 12.8. The third-order valence-electron chi connectivity index (χ3n) is 6.07.